The highest BCUT2D eigenvalue weighted by Crippen LogP contribution is 2.31. The molecule has 2 unspecified atom stereocenters. The van der Waals surface area contributed by atoms with Crippen LogP contribution in [-0.4, -0.2) is 31.7 Å². The Morgan fingerprint density at radius 1 is 1.35 bits per heavy atom. The van der Waals surface area contributed by atoms with Gasteiger partial charge in [0.15, 0.2) is 9.84 Å². The van der Waals surface area contributed by atoms with Crippen LogP contribution in [-0.2, 0) is 9.84 Å². The summed E-state index contributed by atoms with van der Waals surface area (Å²) in [6.07, 6.45) is 1.91. The van der Waals surface area contributed by atoms with Crippen LogP contribution in [0, 0.1) is 0 Å². The molecule has 0 amide bonds. The van der Waals surface area contributed by atoms with Crippen LogP contribution in [0.1, 0.15) is 38.3 Å². The van der Waals surface area contributed by atoms with Crippen molar-refractivity contribution in [3.63, 3.8) is 0 Å². The first-order valence-corrected chi connectivity index (χ1v) is 9.90. The fourth-order valence-corrected chi connectivity index (χ4v) is 5.86. The monoisotopic (exact) mass is 313 g/mol. The summed E-state index contributed by atoms with van der Waals surface area (Å²) in [5.41, 5.74) is 1.28. The van der Waals surface area contributed by atoms with E-state index in [0.29, 0.717) is 17.5 Å². The van der Waals surface area contributed by atoms with Gasteiger partial charge < -0.3 is 5.32 Å². The Morgan fingerprint density at radius 3 is 2.60 bits per heavy atom. The minimum absolute atomic E-state index is 0.224. The Bertz CT molecular complexity index is 525. The van der Waals surface area contributed by atoms with Gasteiger partial charge in [-0.05, 0) is 44.0 Å². The lowest BCUT2D eigenvalue weighted by molar-refractivity contribution is 0.570. The van der Waals surface area contributed by atoms with Gasteiger partial charge in [0, 0.05) is 16.2 Å². The molecule has 2 atom stereocenters. The molecule has 1 heterocycles. The summed E-state index contributed by atoms with van der Waals surface area (Å²) >= 11 is 1.69. The molecule has 1 aromatic rings. The van der Waals surface area contributed by atoms with Crippen LogP contribution < -0.4 is 5.32 Å². The van der Waals surface area contributed by atoms with Crippen LogP contribution in [0.15, 0.2) is 29.2 Å². The van der Waals surface area contributed by atoms with Crippen molar-refractivity contribution >= 4 is 21.6 Å². The summed E-state index contributed by atoms with van der Waals surface area (Å²) in [6.45, 7) is 5.36. The highest BCUT2D eigenvalue weighted by atomic mass is 32.2. The van der Waals surface area contributed by atoms with E-state index in [2.05, 4.69) is 43.4 Å². The van der Waals surface area contributed by atoms with E-state index < -0.39 is 9.84 Å². The van der Waals surface area contributed by atoms with E-state index in [0.717, 1.165) is 19.4 Å². The molecule has 0 aliphatic carbocycles. The molecule has 2 rings (SSSR count). The molecule has 0 aromatic heterocycles. The van der Waals surface area contributed by atoms with Gasteiger partial charge in [-0.1, -0.05) is 19.1 Å². The summed E-state index contributed by atoms with van der Waals surface area (Å²) < 4.78 is 22.9. The smallest absolute Gasteiger partial charge is 0.151 e. The molecular formula is C15H23NO2S2. The van der Waals surface area contributed by atoms with Crippen LogP contribution in [0.25, 0.3) is 0 Å². The van der Waals surface area contributed by atoms with Gasteiger partial charge in [0.2, 0.25) is 0 Å². The minimum atomic E-state index is -2.78. The minimum Gasteiger partial charge on any atom is -0.310 e. The molecule has 1 saturated heterocycles. The lowest BCUT2D eigenvalue weighted by Crippen LogP contribution is -2.19. The molecule has 1 aliphatic rings. The largest absolute Gasteiger partial charge is 0.310 e. The zero-order chi connectivity index (χ0) is 14.6. The molecule has 0 saturated carbocycles. The average molecular weight is 313 g/mol. The van der Waals surface area contributed by atoms with Crippen molar-refractivity contribution in [3.05, 3.63) is 29.8 Å². The molecule has 20 heavy (non-hydrogen) atoms. The van der Waals surface area contributed by atoms with Gasteiger partial charge in [0.1, 0.15) is 0 Å². The molecule has 1 fully saturated rings. The molecule has 0 radical (unpaired) electrons. The van der Waals surface area contributed by atoms with Crippen LogP contribution in [0.2, 0.25) is 0 Å². The van der Waals surface area contributed by atoms with Gasteiger partial charge >= 0.3 is 0 Å². The molecule has 3 nitrogen and oxygen atoms in total. The van der Waals surface area contributed by atoms with E-state index in [-0.39, 0.29) is 5.25 Å². The van der Waals surface area contributed by atoms with Gasteiger partial charge in [-0.2, -0.15) is 0 Å². The maximum absolute atomic E-state index is 11.5. The van der Waals surface area contributed by atoms with Crippen LogP contribution in [0.5, 0.6) is 0 Å². The highest BCUT2D eigenvalue weighted by molar-refractivity contribution is 8.01. The van der Waals surface area contributed by atoms with Crippen molar-refractivity contribution in [1.29, 1.82) is 0 Å². The highest BCUT2D eigenvalue weighted by Gasteiger charge is 2.28. The summed E-state index contributed by atoms with van der Waals surface area (Å²) in [6, 6.07) is 8.85. The Labute approximate surface area is 126 Å². The van der Waals surface area contributed by atoms with Gasteiger partial charge in [-0.15, -0.1) is 11.8 Å². The topological polar surface area (TPSA) is 46.2 Å². The third-order valence-corrected chi connectivity index (χ3v) is 6.83. The van der Waals surface area contributed by atoms with Crippen molar-refractivity contribution in [3.8, 4) is 0 Å². The van der Waals surface area contributed by atoms with Gasteiger partial charge in [0.05, 0.1) is 11.5 Å². The normalized spacial score (nSPS) is 22.8. The quantitative estimate of drug-likeness (QED) is 0.877. The molecule has 0 spiro atoms. The summed E-state index contributed by atoms with van der Waals surface area (Å²) in [7, 11) is -2.78. The van der Waals surface area contributed by atoms with E-state index in [1.165, 1.54) is 10.5 Å². The van der Waals surface area contributed by atoms with E-state index in [1.807, 2.05) is 0 Å². The second-order valence-corrected chi connectivity index (χ2v) is 8.99. The molecule has 1 aromatic carbocycles. The standard InChI is InChI=1S/C15H23NO2S2/c1-3-9-16-12(2)13-4-6-14(7-5-13)19-15-8-10-20(17,18)11-15/h4-7,12,15-16H,3,8-11H2,1-2H3. The maximum Gasteiger partial charge on any atom is 0.151 e. The van der Waals surface area contributed by atoms with Crippen molar-refractivity contribution in [2.24, 2.45) is 0 Å². The number of nitrogens with one attached hydrogen (secondary N) is 1. The number of hydrogen-bond acceptors (Lipinski definition) is 4. The Hall–Kier alpha value is -0.520. The van der Waals surface area contributed by atoms with Crippen molar-refractivity contribution < 1.29 is 8.42 Å². The molecular weight excluding hydrogens is 290 g/mol. The molecule has 1 aliphatic heterocycles. The average Bonchev–Trinajstić information content (AvgIpc) is 2.76. The van der Waals surface area contributed by atoms with Gasteiger partial charge in [-0.3, -0.25) is 0 Å². The number of benzene rings is 1. The zero-order valence-corrected chi connectivity index (χ0v) is 13.8. The fraction of sp³-hybridized carbons (Fsp3) is 0.600. The maximum atomic E-state index is 11.5. The first-order chi connectivity index (χ1) is 9.50. The second-order valence-electron chi connectivity index (χ2n) is 5.39. The molecule has 112 valence electrons. The predicted molar refractivity (Wildman–Crippen MR) is 86.1 cm³/mol. The van der Waals surface area contributed by atoms with E-state index >= 15 is 0 Å². The van der Waals surface area contributed by atoms with Gasteiger partial charge in [-0.25, -0.2) is 8.42 Å². The Balaban J connectivity index is 1.92. The number of sulfone groups is 1. The van der Waals surface area contributed by atoms with Gasteiger partial charge in [0.25, 0.3) is 0 Å². The third-order valence-electron chi connectivity index (χ3n) is 3.57. The fourth-order valence-electron chi connectivity index (χ4n) is 2.36. The van der Waals surface area contributed by atoms with E-state index in [9.17, 15) is 8.42 Å². The van der Waals surface area contributed by atoms with Crippen LogP contribution >= 0.6 is 11.8 Å². The molecule has 5 heteroatoms. The third kappa shape index (κ3) is 4.50. The van der Waals surface area contributed by atoms with Crippen LogP contribution in [0.4, 0.5) is 0 Å². The Kier molecular flexibility index (Phi) is 5.52. The Morgan fingerprint density at radius 2 is 2.05 bits per heavy atom. The first-order valence-electron chi connectivity index (χ1n) is 7.20. The van der Waals surface area contributed by atoms with Crippen molar-refractivity contribution in [1.82, 2.24) is 5.32 Å². The van der Waals surface area contributed by atoms with Crippen LogP contribution in [0.3, 0.4) is 0 Å². The number of rotatable bonds is 6. The van der Waals surface area contributed by atoms with E-state index in [1.54, 1.807) is 11.8 Å². The predicted octanol–water partition coefficient (Wildman–Crippen LogP) is 3.03. The molecule has 0 bridgehead atoms. The number of thioether (sulfide) groups is 1. The van der Waals surface area contributed by atoms with Crippen molar-refractivity contribution in [2.75, 3.05) is 18.1 Å². The first kappa shape index (κ1) is 15.9. The molecule has 1 N–H and O–H groups in total. The lowest BCUT2D eigenvalue weighted by Gasteiger charge is -2.14. The summed E-state index contributed by atoms with van der Waals surface area (Å²) in [5.74, 6) is 0.675. The summed E-state index contributed by atoms with van der Waals surface area (Å²) in [4.78, 5) is 1.17. The summed E-state index contributed by atoms with van der Waals surface area (Å²) in [5, 5.41) is 3.69. The number of hydrogen-bond donors (Lipinski definition) is 1. The SMILES string of the molecule is CCCNC(C)c1ccc(SC2CCS(=O)(=O)C2)cc1. The lowest BCUT2D eigenvalue weighted by atomic mass is 10.1. The second kappa shape index (κ2) is 6.96. The van der Waals surface area contributed by atoms with Crippen molar-refractivity contribution in [2.45, 2.75) is 42.9 Å². The van der Waals surface area contributed by atoms with E-state index in [4.69, 9.17) is 0 Å². The zero-order valence-electron chi connectivity index (χ0n) is 12.1.